The maximum Gasteiger partial charge on any atom is 0.292 e. The lowest BCUT2D eigenvalue weighted by atomic mass is 9.97. The number of aryl methyl sites for hydroxylation is 1. The predicted octanol–water partition coefficient (Wildman–Crippen LogP) is 3.22. The van der Waals surface area contributed by atoms with E-state index in [4.69, 9.17) is 4.98 Å². The first-order chi connectivity index (χ1) is 14.5. The van der Waals surface area contributed by atoms with E-state index >= 15 is 0 Å². The molecule has 1 atom stereocenters. The van der Waals surface area contributed by atoms with Crippen LogP contribution in [0, 0.1) is 12.8 Å². The lowest BCUT2D eigenvalue weighted by Gasteiger charge is -2.30. The molecule has 1 N–H and O–H groups in total. The number of nitrogens with zero attached hydrogens (tertiary/aromatic N) is 2. The number of thiazole rings is 1. The molecular formula is C24H26N3O2S+. The van der Waals surface area contributed by atoms with Crippen LogP contribution in [0.1, 0.15) is 31.7 Å². The van der Waals surface area contributed by atoms with E-state index in [0.717, 1.165) is 47.9 Å². The van der Waals surface area contributed by atoms with E-state index in [0.29, 0.717) is 12.1 Å². The minimum Gasteiger partial charge on any atom is -0.324 e. The van der Waals surface area contributed by atoms with Gasteiger partial charge < -0.3 is 4.90 Å². The van der Waals surface area contributed by atoms with Crippen molar-refractivity contribution in [3.05, 3.63) is 48.0 Å². The monoisotopic (exact) mass is 420 g/mol. The van der Waals surface area contributed by atoms with Gasteiger partial charge in [0.15, 0.2) is 6.04 Å². The smallest absolute Gasteiger partial charge is 0.292 e. The Balaban J connectivity index is 1.37. The highest BCUT2D eigenvalue weighted by Crippen LogP contribution is 2.32. The molecule has 5 nitrogen and oxygen atoms in total. The molecule has 2 aliphatic rings. The van der Waals surface area contributed by atoms with Crippen molar-refractivity contribution >= 4 is 39.1 Å². The SMILES string of the molecule is Cc1ccc2nc(-c3ccc(N4C(=O)C[C@@H]([NH+]5CCC(C)CC5)C4=O)cc3)sc2c1. The zero-order valence-corrected chi connectivity index (χ0v) is 18.2. The molecule has 30 heavy (non-hydrogen) atoms. The standard InChI is InChI=1S/C24H25N3O2S/c1-15-9-11-26(12-10-15)20-14-22(28)27(24(20)29)18-6-4-17(5-7-18)23-25-19-8-3-16(2)13-21(19)30-23/h3-8,13,15,20H,9-12,14H2,1-2H3/p+1/t20-/m1/s1. The number of carbonyl (C=O) groups is 2. The van der Waals surface area contributed by atoms with Gasteiger partial charge in [-0.15, -0.1) is 11.3 Å². The Morgan fingerprint density at radius 1 is 1.07 bits per heavy atom. The lowest BCUT2D eigenvalue weighted by Crippen LogP contribution is -3.17. The quantitative estimate of drug-likeness (QED) is 0.662. The molecule has 0 saturated carbocycles. The summed E-state index contributed by atoms with van der Waals surface area (Å²) in [6, 6.07) is 13.7. The number of likely N-dealkylation sites (tertiary alicyclic amines) is 1. The summed E-state index contributed by atoms with van der Waals surface area (Å²) in [5.74, 6) is 0.586. The first kappa shape index (κ1) is 19.4. The Bertz CT molecular complexity index is 1110. The summed E-state index contributed by atoms with van der Waals surface area (Å²) < 4.78 is 1.17. The average molecular weight is 421 g/mol. The molecular weight excluding hydrogens is 394 g/mol. The van der Waals surface area contributed by atoms with Crippen molar-refractivity contribution in [3.63, 3.8) is 0 Å². The van der Waals surface area contributed by atoms with Crippen molar-refractivity contribution < 1.29 is 14.5 Å². The zero-order valence-electron chi connectivity index (χ0n) is 17.4. The van der Waals surface area contributed by atoms with Crippen LogP contribution in [-0.2, 0) is 9.59 Å². The van der Waals surface area contributed by atoms with E-state index in [-0.39, 0.29) is 17.9 Å². The highest BCUT2D eigenvalue weighted by Gasteiger charge is 2.46. The van der Waals surface area contributed by atoms with Crippen molar-refractivity contribution in [1.82, 2.24) is 4.98 Å². The number of amides is 2. The van der Waals surface area contributed by atoms with Crippen LogP contribution in [0.3, 0.4) is 0 Å². The molecule has 1 aromatic heterocycles. The number of anilines is 1. The second-order valence-electron chi connectivity index (χ2n) is 8.70. The van der Waals surface area contributed by atoms with Crippen LogP contribution in [0.2, 0.25) is 0 Å². The van der Waals surface area contributed by atoms with E-state index < -0.39 is 0 Å². The highest BCUT2D eigenvalue weighted by molar-refractivity contribution is 7.21. The molecule has 2 saturated heterocycles. The molecule has 0 aliphatic carbocycles. The largest absolute Gasteiger partial charge is 0.324 e. The number of fused-ring (bicyclic) bond motifs is 1. The summed E-state index contributed by atoms with van der Waals surface area (Å²) >= 11 is 1.66. The molecule has 2 amide bonds. The van der Waals surface area contributed by atoms with Crippen LogP contribution in [0.4, 0.5) is 5.69 Å². The first-order valence-corrected chi connectivity index (χ1v) is 11.5. The van der Waals surface area contributed by atoms with Gasteiger partial charge in [0.1, 0.15) is 5.01 Å². The van der Waals surface area contributed by atoms with Gasteiger partial charge in [0.2, 0.25) is 5.91 Å². The van der Waals surface area contributed by atoms with Crippen molar-refractivity contribution in [2.75, 3.05) is 18.0 Å². The Labute approximate surface area is 180 Å². The van der Waals surface area contributed by atoms with E-state index in [2.05, 4.69) is 26.0 Å². The fourth-order valence-electron chi connectivity index (χ4n) is 4.61. The van der Waals surface area contributed by atoms with Crippen LogP contribution in [0.5, 0.6) is 0 Å². The van der Waals surface area contributed by atoms with Crippen LogP contribution in [0.25, 0.3) is 20.8 Å². The van der Waals surface area contributed by atoms with Crippen LogP contribution < -0.4 is 9.80 Å². The van der Waals surface area contributed by atoms with Crippen LogP contribution in [-0.4, -0.2) is 35.9 Å². The zero-order chi connectivity index (χ0) is 20.8. The number of imide groups is 1. The molecule has 3 aromatic rings. The molecule has 2 fully saturated rings. The van der Waals surface area contributed by atoms with Gasteiger partial charge in [-0.1, -0.05) is 13.0 Å². The molecule has 2 aliphatic heterocycles. The Morgan fingerprint density at radius 2 is 1.80 bits per heavy atom. The molecule has 154 valence electrons. The normalized spacial score (nSPS) is 24.7. The fourth-order valence-corrected chi connectivity index (χ4v) is 5.68. The Hall–Kier alpha value is -2.57. The summed E-state index contributed by atoms with van der Waals surface area (Å²) in [7, 11) is 0. The van der Waals surface area contributed by atoms with Crippen molar-refractivity contribution in [3.8, 4) is 10.6 Å². The van der Waals surface area contributed by atoms with Gasteiger partial charge >= 0.3 is 0 Å². The lowest BCUT2D eigenvalue weighted by molar-refractivity contribution is -0.920. The van der Waals surface area contributed by atoms with Gasteiger partial charge in [0.05, 0.1) is 35.4 Å². The van der Waals surface area contributed by atoms with Gasteiger partial charge in [-0.2, -0.15) is 0 Å². The molecule has 0 unspecified atom stereocenters. The van der Waals surface area contributed by atoms with E-state index in [1.807, 2.05) is 30.3 Å². The third-order valence-corrected chi connectivity index (χ3v) is 7.54. The molecule has 5 rings (SSSR count). The molecule has 2 aromatic carbocycles. The molecule has 0 bridgehead atoms. The van der Waals surface area contributed by atoms with Gasteiger partial charge in [-0.25, -0.2) is 9.88 Å². The summed E-state index contributed by atoms with van der Waals surface area (Å²) in [6.45, 7) is 6.30. The second kappa shape index (κ2) is 7.60. The summed E-state index contributed by atoms with van der Waals surface area (Å²) in [6.07, 6.45) is 2.58. The molecule has 6 heteroatoms. The third-order valence-electron chi connectivity index (χ3n) is 6.47. The average Bonchev–Trinajstić information content (AvgIpc) is 3.29. The van der Waals surface area contributed by atoms with Crippen LogP contribution >= 0.6 is 11.3 Å². The third kappa shape index (κ3) is 3.44. The number of quaternary nitrogens is 1. The molecule has 0 spiro atoms. The number of carbonyl (C=O) groups excluding carboxylic acids is 2. The minimum atomic E-state index is -0.225. The molecule has 3 heterocycles. The number of aromatic nitrogens is 1. The first-order valence-electron chi connectivity index (χ1n) is 10.7. The maximum atomic E-state index is 13.1. The van der Waals surface area contributed by atoms with Gasteiger partial charge in [-0.05, 0) is 67.6 Å². The molecule has 0 radical (unpaired) electrons. The van der Waals surface area contributed by atoms with Crippen molar-refractivity contribution in [2.45, 2.75) is 39.2 Å². The number of nitrogens with one attached hydrogen (secondary N) is 1. The van der Waals surface area contributed by atoms with Crippen molar-refractivity contribution in [2.24, 2.45) is 5.92 Å². The number of hydrogen-bond acceptors (Lipinski definition) is 4. The highest BCUT2D eigenvalue weighted by atomic mass is 32.1. The summed E-state index contributed by atoms with van der Waals surface area (Å²) in [4.78, 5) is 33.2. The van der Waals surface area contributed by atoms with E-state index in [9.17, 15) is 9.59 Å². The van der Waals surface area contributed by atoms with Gasteiger partial charge in [-0.3, -0.25) is 9.59 Å². The fraction of sp³-hybridized carbons (Fsp3) is 0.375. The van der Waals surface area contributed by atoms with Gasteiger partial charge in [0, 0.05) is 5.56 Å². The Kier molecular flexibility index (Phi) is 4.91. The number of piperidine rings is 1. The van der Waals surface area contributed by atoms with Crippen molar-refractivity contribution in [1.29, 1.82) is 0 Å². The number of benzene rings is 2. The van der Waals surface area contributed by atoms with E-state index in [1.165, 1.54) is 20.1 Å². The second-order valence-corrected chi connectivity index (χ2v) is 9.73. The summed E-state index contributed by atoms with van der Waals surface area (Å²) in [5.41, 5.74) is 3.89. The predicted molar refractivity (Wildman–Crippen MR) is 120 cm³/mol. The minimum absolute atomic E-state index is 0.0484. The Morgan fingerprint density at radius 3 is 2.53 bits per heavy atom. The van der Waals surface area contributed by atoms with Crippen LogP contribution in [0.15, 0.2) is 42.5 Å². The topological polar surface area (TPSA) is 54.7 Å². The number of hydrogen-bond donors (Lipinski definition) is 1. The van der Waals surface area contributed by atoms with E-state index in [1.54, 1.807) is 11.3 Å². The summed E-state index contributed by atoms with van der Waals surface area (Å²) in [5, 5.41) is 0.950. The van der Waals surface area contributed by atoms with Gasteiger partial charge in [0.25, 0.3) is 5.91 Å². The maximum absolute atomic E-state index is 13.1. The number of rotatable bonds is 3.